The SMILES string of the molecule is O=C1CC[C@@H](C(=O)NCCc2ccc(Cl)cc2)NC(=O)c2cc(Cl)ccc2OCCCCCN1. The van der Waals surface area contributed by atoms with E-state index in [2.05, 4.69) is 16.0 Å². The zero-order valence-electron chi connectivity index (χ0n) is 18.9. The van der Waals surface area contributed by atoms with Crippen molar-refractivity contribution in [3.8, 4) is 5.75 Å². The second-order valence-electron chi connectivity index (χ2n) is 8.13. The molecule has 3 N–H and O–H groups in total. The number of hydrogen-bond donors (Lipinski definition) is 3. The first-order valence-electron chi connectivity index (χ1n) is 11.4. The second-order valence-corrected chi connectivity index (χ2v) is 9.00. The zero-order valence-corrected chi connectivity index (χ0v) is 20.4. The van der Waals surface area contributed by atoms with Gasteiger partial charge in [-0.05, 0) is 68.0 Å². The molecule has 0 aromatic heterocycles. The number of rotatable bonds is 4. The van der Waals surface area contributed by atoms with E-state index in [9.17, 15) is 14.4 Å². The Morgan fingerprint density at radius 3 is 2.59 bits per heavy atom. The molecule has 2 aromatic carbocycles. The Labute approximate surface area is 209 Å². The van der Waals surface area contributed by atoms with Gasteiger partial charge in [-0.25, -0.2) is 0 Å². The highest BCUT2D eigenvalue weighted by atomic mass is 35.5. The van der Waals surface area contributed by atoms with Gasteiger partial charge in [-0.2, -0.15) is 0 Å². The van der Waals surface area contributed by atoms with Crippen LogP contribution in [0, 0.1) is 0 Å². The Balaban J connectivity index is 1.71. The molecule has 1 aliphatic heterocycles. The van der Waals surface area contributed by atoms with Crippen LogP contribution in [0.25, 0.3) is 0 Å². The lowest BCUT2D eigenvalue weighted by Gasteiger charge is -2.19. The monoisotopic (exact) mass is 505 g/mol. The van der Waals surface area contributed by atoms with Crippen LogP contribution in [0.4, 0.5) is 0 Å². The molecular weight excluding hydrogens is 477 g/mol. The minimum atomic E-state index is -0.888. The number of halogens is 2. The van der Waals surface area contributed by atoms with Gasteiger partial charge in [-0.3, -0.25) is 14.4 Å². The fourth-order valence-corrected chi connectivity index (χ4v) is 3.89. The summed E-state index contributed by atoms with van der Waals surface area (Å²) in [5.41, 5.74) is 1.28. The first kappa shape index (κ1) is 25.8. The van der Waals surface area contributed by atoms with Crippen LogP contribution < -0.4 is 20.7 Å². The Hall–Kier alpha value is -2.77. The summed E-state index contributed by atoms with van der Waals surface area (Å²) in [6, 6.07) is 11.3. The van der Waals surface area contributed by atoms with Gasteiger partial charge >= 0.3 is 0 Å². The van der Waals surface area contributed by atoms with Crippen molar-refractivity contribution in [3.05, 3.63) is 63.6 Å². The van der Waals surface area contributed by atoms with Crippen LogP contribution in [0.2, 0.25) is 10.0 Å². The van der Waals surface area contributed by atoms with Gasteiger partial charge < -0.3 is 20.7 Å². The lowest BCUT2D eigenvalue weighted by molar-refractivity contribution is -0.124. The molecule has 9 heteroatoms. The number of nitrogens with one attached hydrogen (secondary N) is 3. The van der Waals surface area contributed by atoms with Crippen molar-refractivity contribution >= 4 is 40.9 Å². The molecule has 0 unspecified atom stereocenters. The fraction of sp³-hybridized carbons (Fsp3) is 0.400. The number of carbonyl (C=O) groups excluding carboxylic acids is 3. The summed E-state index contributed by atoms with van der Waals surface area (Å²) in [6.07, 6.45) is 3.40. The number of carbonyl (C=O) groups is 3. The topological polar surface area (TPSA) is 96.5 Å². The first-order valence-corrected chi connectivity index (χ1v) is 12.2. The summed E-state index contributed by atoms with van der Waals surface area (Å²) >= 11 is 12.0. The summed E-state index contributed by atoms with van der Waals surface area (Å²) in [5, 5.41) is 9.51. The van der Waals surface area contributed by atoms with E-state index >= 15 is 0 Å². The van der Waals surface area contributed by atoms with Crippen LogP contribution >= 0.6 is 23.2 Å². The van der Waals surface area contributed by atoms with Gasteiger partial charge in [0.25, 0.3) is 5.91 Å². The first-order chi connectivity index (χ1) is 16.4. The van der Waals surface area contributed by atoms with E-state index in [4.69, 9.17) is 27.9 Å². The number of amides is 3. The number of ether oxygens (including phenoxy) is 1. The van der Waals surface area contributed by atoms with Crippen LogP contribution in [-0.4, -0.2) is 43.5 Å². The third-order valence-electron chi connectivity index (χ3n) is 5.50. The molecule has 34 heavy (non-hydrogen) atoms. The molecular formula is C25H29Cl2N3O4. The smallest absolute Gasteiger partial charge is 0.255 e. The van der Waals surface area contributed by atoms with E-state index in [1.165, 1.54) is 6.07 Å². The third kappa shape index (κ3) is 8.22. The van der Waals surface area contributed by atoms with Gasteiger partial charge in [-0.15, -0.1) is 0 Å². The summed E-state index contributed by atoms with van der Waals surface area (Å²) in [6.45, 7) is 1.38. The number of hydrogen-bond acceptors (Lipinski definition) is 4. The normalized spacial score (nSPS) is 17.8. The maximum atomic E-state index is 13.1. The molecule has 1 heterocycles. The highest BCUT2D eigenvalue weighted by molar-refractivity contribution is 6.31. The molecule has 0 radical (unpaired) electrons. The molecule has 0 saturated heterocycles. The molecule has 0 bridgehead atoms. The van der Waals surface area contributed by atoms with Gasteiger partial charge in [0.15, 0.2) is 0 Å². The van der Waals surface area contributed by atoms with Crippen molar-refractivity contribution in [2.45, 2.75) is 44.6 Å². The highest BCUT2D eigenvalue weighted by Gasteiger charge is 2.24. The van der Waals surface area contributed by atoms with Gasteiger partial charge in [0.2, 0.25) is 11.8 Å². The van der Waals surface area contributed by atoms with Crippen LogP contribution in [0.5, 0.6) is 5.75 Å². The Bertz CT molecular complexity index is 998. The van der Waals surface area contributed by atoms with Gasteiger partial charge in [-0.1, -0.05) is 35.3 Å². The molecule has 3 rings (SSSR count). The highest BCUT2D eigenvalue weighted by Crippen LogP contribution is 2.24. The quantitative estimate of drug-likeness (QED) is 0.586. The molecule has 3 amide bonds. The Morgan fingerprint density at radius 2 is 1.79 bits per heavy atom. The maximum Gasteiger partial charge on any atom is 0.255 e. The van der Waals surface area contributed by atoms with Crippen LogP contribution in [0.3, 0.4) is 0 Å². The van der Waals surface area contributed by atoms with Crippen LogP contribution in [0.15, 0.2) is 42.5 Å². The average molecular weight is 506 g/mol. The molecule has 1 aliphatic rings. The van der Waals surface area contributed by atoms with Crippen molar-refractivity contribution in [2.75, 3.05) is 19.7 Å². The van der Waals surface area contributed by atoms with Crippen molar-refractivity contribution in [2.24, 2.45) is 0 Å². The predicted molar refractivity (Wildman–Crippen MR) is 132 cm³/mol. The molecule has 2 aromatic rings. The van der Waals surface area contributed by atoms with Gasteiger partial charge in [0, 0.05) is 29.6 Å². The summed E-state index contributed by atoms with van der Waals surface area (Å²) < 4.78 is 5.81. The second kappa shape index (κ2) is 13.2. The molecule has 0 spiro atoms. The molecule has 0 aliphatic carbocycles. The Kier molecular flexibility index (Phi) is 10.0. The maximum absolute atomic E-state index is 13.1. The molecule has 0 fully saturated rings. The van der Waals surface area contributed by atoms with Gasteiger partial charge in [0.05, 0.1) is 12.2 Å². The summed E-state index contributed by atoms with van der Waals surface area (Å²) in [5.74, 6) is -0.579. The van der Waals surface area contributed by atoms with E-state index < -0.39 is 11.9 Å². The van der Waals surface area contributed by atoms with Crippen molar-refractivity contribution in [1.82, 2.24) is 16.0 Å². The number of benzene rings is 2. The van der Waals surface area contributed by atoms with Crippen molar-refractivity contribution in [1.29, 1.82) is 0 Å². The average Bonchev–Trinajstić information content (AvgIpc) is 2.82. The van der Waals surface area contributed by atoms with E-state index in [0.717, 1.165) is 24.8 Å². The van der Waals surface area contributed by atoms with E-state index in [-0.39, 0.29) is 30.2 Å². The van der Waals surface area contributed by atoms with Crippen LogP contribution in [-0.2, 0) is 16.0 Å². The lowest BCUT2D eigenvalue weighted by atomic mass is 10.1. The van der Waals surface area contributed by atoms with Crippen molar-refractivity contribution < 1.29 is 19.1 Å². The summed E-state index contributed by atoms with van der Waals surface area (Å²) in [4.78, 5) is 38.2. The Morgan fingerprint density at radius 1 is 1.03 bits per heavy atom. The van der Waals surface area contributed by atoms with E-state index in [1.54, 1.807) is 24.3 Å². The minimum absolute atomic E-state index is 0.119. The molecule has 182 valence electrons. The largest absolute Gasteiger partial charge is 0.493 e. The van der Waals surface area contributed by atoms with E-state index in [0.29, 0.717) is 41.9 Å². The predicted octanol–water partition coefficient (Wildman–Crippen LogP) is 3.91. The standard InChI is InChI=1S/C25H29Cl2N3O4/c26-18-6-4-17(5-7-18)12-14-29-25(33)21-9-11-23(31)28-13-2-1-3-15-34-22-10-8-19(27)16-20(22)24(32)30-21/h4-8,10,16,21H,1-3,9,11-15H2,(H,28,31)(H,29,33)(H,30,32)/t21-/m0/s1. The minimum Gasteiger partial charge on any atom is -0.493 e. The van der Waals surface area contributed by atoms with E-state index in [1.807, 2.05) is 12.1 Å². The van der Waals surface area contributed by atoms with Crippen molar-refractivity contribution in [3.63, 3.8) is 0 Å². The molecule has 7 nitrogen and oxygen atoms in total. The zero-order chi connectivity index (χ0) is 24.3. The summed E-state index contributed by atoms with van der Waals surface area (Å²) in [7, 11) is 0. The van der Waals surface area contributed by atoms with Gasteiger partial charge in [0.1, 0.15) is 11.8 Å². The number of fused-ring (bicyclic) bond motifs is 1. The fourth-order valence-electron chi connectivity index (χ4n) is 3.59. The lowest BCUT2D eigenvalue weighted by Crippen LogP contribution is -2.47. The van der Waals surface area contributed by atoms with Crippen LogP contribution in [0.1, 0.15) is 48.0 Å². The molecule has 1 atom stereocenters. The third-order valence-corrected chi connectivity index (χ3v) is 5.98. The molecule has 0 saturated carbocycles.